The van der Waals surface area contributed by atoms with Gasteiger partial charge in [-0.2, -0.15) is 0 Å². The molecule has 0 aliphatic heterocycles. The second kappa shape index (κ2) is 5.31. The van der Waals surface area contributed by atoms with Crippen LogP contribution in [-0.2, 0) is 4.79 Å². The molecule has 0 saturated heterocycles. The fourth-order valence-corrected chi connectivity index (χ4v) is 2.04. The van der Waals surface area contributed by atoms with E-state index in [0.29, 0.717) is 12.1 Å². The van der Waals surface area contributed by atoms with Gasteiger partial charge in [-0.1, -0.05) is 6.92 Å². The van der Waals surface area contributed by atoms with Crippen LogP contribution >= 0.6 is 11.8 Å². The summed E-state index contributed by atoms with van der Waals surface area (Å²) < 4.78 is -0.905. The number of Topliss-reactive ketones (excluding diaryl/α,β-unsaturated/α-hetero) is 1. The monoisotopic (exact) mass is 253 g/mol. The lowest BCUT2D eigenvalue weighted by Gasteiger charge is -2.17. The zero-order valence-electron chi connectivity index (χ0n) is 10.1. The number of hydrogen-bond acceptors (Lipinski definition) is 4. The predicted octanol–water partition coefficient (Wildman–Crippen LogP) is 2.63. The third-order valence-electron chi connectivity index (χ3n) is 2.23. The molecule has 0 aromatic carbocycles. The van der Waals surface area contributed by atoms with Crippen molar-refractivity contribution in [3.05, 3.63) is 24.0 Å². The molecule has 1 heterocycles. The molecule has 0 saturated carbocycles. The molecule has 1 rings (SSSR count). The number of hydrogen-bond donors (Lipinski definition) is 1. The van der Waals surface area contributed by atoms with Gasteiger partial charge in [0.1, 0.15) is 10.4 Å². The van der Waals surface area contributed by atoms with Crippen molar-refractivity contribution in [2.24, 2.45) is 0 Å². The molecular weight excluding hydrogens is 238 g/mol. The first-order chi connectivity index (χ1) is 7.86. The Morgan fingerprint density at radius 1 is 1.41 bits per heavy atom. The normalized spacial score (nSPS) is 11.2. The average Bonchev–Trinajstić information content (AvgIpc) is 2.28. The molecule has 4 nitrogen and oxygen atoms in total. The van der Waals surface area contributed by atoms with Gasteiger partial charge in [-0.3, -0.25) is 14.6 Å². The van der Waals surface area contributed by atoms with E-state index in [-0.39, 0.29) is 5.78 Å². The van der Waals surface area contributed by atoms with E-state index >= 15 is 0 Å². The Morgan fingerprint density at radius 2 is 2.06 bits per heavy atom. The Kier molecular flexibility index (Phi) is 4.28. The molecule has 0 spiro atoms. The molecule has 0 unspecified atom stereocenters. The third kappa shape index (κ3) is 3.56. The van der Waals surface area contributed by atoms with Crippen LogP contribution in [0.15, 0.2) is 23.2 Å². The minimum absolute atomic E-state index is 0.0148. The maximum absolute atomic E-state index is 11.4. The van der Waals surface area contributed by atoms with E-state index in [1.807, 2.05) is 0 Å². The molecule has 1 aromatic rings. The van der Waals surface area contributed by atoms with Crippen molar-refractivity contribution in [3.8, 4) is 0 Å². The highest BCUT2D eigenvalue weighted by atomic mass is 32.2. The van der Waals surface area contributed by atoms with Gasteiger partial charge < -0.3 is 5.11 Å². The van der Waals surface area contributed by atoms with Crippen molar-refractivity contribution < 1.29 is 14.7 Å². The van der Waals surface area contributed by atoms with E-state index < -0.39 is 10.7 Å². The molecule has 0 fully saturated rings. The second-order valence-electron chi connectivity index (χ2n) is 4.07. The van der Waals surface area contributed by atoms with E-state index in [2.05, 4.69) is 4.98 Å². The van der Waals surface area contributed by atoms with Crippen molar-refractivity contribution in [2.75, 3.05) is 0 Å². The number of thioether (sulfide) groups is 1. The van der Waals surface area contributed by atoms with Crippen LogP contribution in [0.2, 0.25) is 0 Å². The topological polar surface area (TPSA) is 67.3 Å². The van der Waals surface area contributed by atoms with Crippen LogP contribution in [-0.4, -0.2) is 26.6 Å². The Morgan fingerprint density at radius 3 is 2.47 bits per heavy atom. The number of aliphatic carboxylic acids is 1. The molecule has 1 aromatic heterocycles. The van der Waals surface area contributed by atoms with Crippen LogP contribution in [0, 0.1) is 0 Å². The summed E-state index contributed by atoms with van der Waals surface area (Å²) in [7, 11) is 0. The molecular formula is C12H15NO3S. The number of carboxylic acids is 1. The van der Waals surface area contributed by atoms with Gasteiger partial charge in [0, 0.05) is 17.5 Å². The van der Waals surface area contributed by atoms with Gasteiger partial charge in [-0.05, 0) is 26.0 Å². The van der Waals surface area contributed by atoms with Crippen molar-refractivity contribution in [1.29, 1.82) is 0 Å². The number of ketones is 1. The Labute approximate surface area is 104 Å². The molecule has 0 amide bonds. The lowest BCUT2D eigenvalue weighted by atomic mass is 10.2. The zero-order chi connectivity index (χ0) is 13.1. The number of aromatic nitrogens is 1. The molecule has 0 radical (unpaired) electrons. The summed E-state index contributed by atoms with van der Waals surface area (Å²) in [4.78, 5) is 27.1. The molecule has 0 aliphatic rings. The van der Waals surface area contributed by atoms with Gasteiger partial charge in [0.15, 0.2) is 5.78 Å². The number of carbonyl (C=O) groups excluding carboxylic acids is 1. The Bertz CT molecular complexity index is 426. The maximum atomic E-state index is 11.4. The van der Waals surface area contributed by atoms with Gasteiger partial charge in [0.2, 0.25) is 0 Å². The van der Waals surface area contributed by atoms with E-state index in [9.17, 15) is 9.59 Å². The quantitative estimate of drug-likeness (QED) is 0.645. The van der Waals surface area contributed by atoms with Crippen molar-refractivity contribution in [2.45, 2.75) is 36.8 Å². The van der Waals surface area contributed by atoms with Crippen molar-refractivity contribution in [3.63, 3.8) is 0 Å². The van der Waals surface area contributed by atoms with Crippen molar-refractivity contribution >= 4 is 23.5 Å². The van der Waals surface area contributed by atoms with Crippen LogP contribution in [0.1, 0.15) is 37.7 Å². The summed E-state index contributed by atoms with van der Waals surface area (Å²) in [6.07, 6.45) is 1.96. The average molecular weight is 253 g/mol. The lowest BCUT2D eigenvalue weighted by Crippen LogP contribution is -2.26. The summed E-state index contributed by atoms with van der Waals surface area (Å²) >= 11 is 1.21. The highest BCUT2D eigenvalue weighted by Crippen LogP contribution is 2.32. The fraction of sp³-hybridized carbons (Fsp3) is 0.417. The molecule has 0 bridgehead atoms. The zero-order valence-corrected chi connectivity index (χ0v) is 10.9. The molecule has 5 heteroatoms. The molecule has 0 aliphatic carbocycles. The number of carbonyl (C=O) groups is 2. The third-order valence-corrected chi connectivity index (χ3v) is 3.39. The van der Waals surface area contributed by atoms with Crippen LogP contribution in [0.4, 0.5) is 0 Å². The summed E-state index contributed by atoms with van der Waals surface area (Å²) in [6.45, 7) is 5.04. The Hall–Kier alpha value is -1.36. The Balaban J connectivity index is 2.82. The van der Waals surface area contributed by atoms with Gasteiger partial charge in [0.25, 0.3) is 0 Å². The minimum Gasteiger partial charge on any atom is -0.480 e. The number of nitrogens with zero attached hydrogens (tertiary/aromatic N) is 1. The van der Waals surface area contributed by atoms with Gasteiger partial charge in [0.05, 0.1) is 0 Å². The molecule has 92 valence electrons. The van der Waals surface area contributed by atoms with Gasteiger partial charge >= 0.3 is 5.97 Å². The van der Waals surface area contributed by atoms with Crippen LogP contribution in [0.5, 0.6) is 0 Å². The van der Waals surface area contributed by atoms with Gasteiger partial charge in [-0.15, -0.1) is 11.8 Å². The second-order valence-corrected chi connectivity index (χ2v) is 5.77. The summed E-state index contributed by atoms with van der Waals surface area (Å²) in [5, 5.41) is 8.99. The summed E-state index contributed by atoms with van der Waals surface area (Å²) in [5.74, 6) is -0.893. The first-order valence-electron chi connectivity index (χ1n) is 5.28. The number of pyridine rings is 1. The molecule has 0 atom stereocenters. The highest BCUT2D eigenvalue weighted by Gasteiger charge is 2.28. The fourth-order valence-electron chi connectivity index (χ4n) is 1.13. The van der Waals surface area contributed by atoms with E-state index in [0.717, 1.165) is 4.90 Å². The number of rotatable bonds is 5. The molecule has 1 N–H and O–H groups in total. The maximum Gasteiger partial charge on any atom is 0.319 e. The smallest absolute Gasteiger partial charge is 0.319 e. The van der Waals surface area contributed by atoms with Crippen LogP contribution < -0.4 is 0 Å². The van der Waals surface area contributed by atoms with E-state index in [1.54, 1.807) is 32.9 Å². The lowest BCUT2D eigenvalue weighted by molar-refractivity contribution is -0.138. The molecule has 17 heavy (non-hydrogen) atoms. The summed E-state index contributed by atoms with van der Waals surface area (Å²) in [6, 6.07) is 3.36. The first kappa shape index (κ1) is 13.7. The highest BCUT2D eigenvalue weighted by molar-refractivity contribution is 8.01. The first-order valence-corrected chi connectivity index (χ1v) is 6.10. The van der Waals surface area contributed by atoms with Crippen LogP contribution in [0.25, 0.3) is 0 Å². The van der Waals surface area contributed by atoms with Crippen molar-refractivity contribution in [1.82, 2.24) is 4.98 Å². The minimum atomic E-state index is -0.905. The SMILES string of the molecule is CCC(=O)c1ccc(SC(C)(C)C(=O)O)cn1. The van der Waals surface area contributed by atoms with Crippen LogP contribution in [0.3, 0.4) is 0 Å². The van der Waals surface area contributed by atoms with Gasteiger partial charge in [-0.25, -0.2) is 0 Å². The number of carboxylic acid groups (broad SMARTS) is 1. The van der Waals surface area contributed by atoms with E-state index in [4.69, 9.17) is 5.11 Å². The predicted molar refractivity (Wildman–Crippen MR) is 66.4 cm³/mol. The van der Waals surface area contributed by atoms with E-state index in [1.165, 1.54) is 18.0 Å². The largest absolute Gasteiger partial charge is 0.480 e. The summed E-state index contributed by atoms with van der Waals surface area (Å²) in [5.41, 5.74) is 0.421. The standard InChI is InChI=1S/C12H15NO3S/c1-4-10(14)9-6-5-8(7-13-9)17-12(2,3)11(15)16/h5-7H,4H2,1-3H3,(H,15,16).